The Labute approximate surface area is 284 Å². The fraction of sp³-hybridized carbons (Fsp3) is 0.556. The first kappa shape index (κ1) is 37.6. The van der Waals surface area contributed by atoms with Crippen molar-refractivity contribution < 1.29 is 53.1 Å². The molecule has 0 aliphatic carbocycles. The van der Waals surface area contributed by atoms with Gasteiger partial charge in [-0.2, -0.15) is 0 Å². The summed E-state index contributed by atoms with van der Waals surface area (Å²) in [6, 6.07) is 1.02. The smallest absolute Gasteiger partial charge is 0.312 e. The van der Waals surface area contributed by atoms with E-state index in [0.29, 0.717) is 0 Å². The monoisotopic (exact) mass is 685 g/mol. The number of Topliss-reactive ketones (excluding diaryl/α,β-unsaturated/α-hetero) is 1. The number of phenols is 1. The predicted molar refractivity (Wildman–Crippen MR) is 179 cm³/mol. The molecule has 4 heterocycles. The first-order chi connectivity index (χ1) is 22.9. The molecule has 1 aromatic heterocycles. The topological polar surface area (TPSA) is 191 Å². The van der Waals surface area contributed by atoms with E-state index in [0.717, 1.165) is 6.07 Å². The number of fused-ring (bicyclic) bond motifs is 15. The maximum atomic E-state index is 13.8. The highest BCUT2D eigenvalue weighted by molar-refractivity contribution is 6.16. The summed E-state index contributed by atoms with van der Waals surface area (Å²) in [5.74, 6) is -7.28. The van der Waals surface area contributed by atoms with Crippen molar-refractivity contribution in [3.63, 3.8) is 0 Å². The van der Waals surface area contributed by atoms with Crippen molar-refractivity contribution in [1.82, 2.24) is 0 Å². The number of carbonyl (C=O) groups excluding carboxylic acids is 3. The van der Waals surface area contributed by atoms with Crippen molar-refractivity contribution >= 4 is 34.5 Å². The maximum Gasteiger partial charge on any atom is 0.312 e. The van der Waals surface area contributed by atoms with Gasteiger partial charge >= 0.3 is 11.8 Å². The Morgan fingerprint density at radius 3 is 2.33 bits per heavy atom. The Hall–Kier alpha value is -4.20. The number of nitrogens with one attached hydrogen (secondary N) is 1. The molecule has 10 atom stereocenters. The number of benzene rings is 1. The molecule has 0 fully saturated rings. The van der Waals surface area contributed by atoms with Gasteiger partial charge in [0.2, 0.25) is 11.8 Å². The first-order valence-corrected chi connectivity index (χ1v) is 16.4. The van der Waals surface area contributed by atoms with Crippen LogP contribution in [0.15, 0.2) is 39.8 Å². The second-order valence-corrected chi connectivity index (χ2v) is 13.4. The summed E-state index contributed by atoms with van der Waals surface area (Å²) >= 11 is 0. The zero-order valence-corrected chi connectivity index (χ0v) is 29.3. The Morgan fingerprint density at radius 1 is 1.02 bits per heavy atom. The molecule has 0 saturated carbocycles. The molecular weight excluding hydrogens is 638 g/mol. The minimum absolute atomic E-state index is 0.0548. The number of ketones is 1. The van der Waals surface area contributed by atoms with Crippen LogP contribution in [-0.4, -0.2) is 70.3 Å². The number of hydrogen-bond donors (Lipinski definition) is 4. The van der Waals surface area contributed by atoms with Gasteiger partial charge in [-0.25, -0.2) is 0 Å². The number of allylic oxidation sites excluding steroid dienone is 1. The Morgan fingerprint density at radius 2 is 1.69 bits per heavy atom. The summed E-state index contributed by atoms with van der Waals surface area (Å²) in [7, 11) is 1.44. The average Bonchev–Trinajstić information content (AvgIpc) is 3.31. The van der Waals surface area contributed by atoms with Crippen molar-refractivity contribution in [3.05, 3.63) is 51.9 Å². The molecule has 3 aliphatic rings. The number of aliphatic hydroxyl groups excluding tert-OH is 2. The molecule has 49 heavy (non-hydrogen) atoms. The number of phenolic OH excluding ortho intramolecular Hbond substituents is 1. The van der Waals surface area contributed by atoms with E-state index in [2.05, 4.69) is 5.32 Å². The maximum absolute atomic E-state index is 13.8. The molecule has 1 aromatic carbocycles. The molecule has 0 saturated heterocycles. The number of anilines is 1. The summed E-state index contributed by atoms with van der Waals surface area (Å²) in [4.78, 5) is 52.5. The van der Waals surface area contributed by atoms with E-state index < -0.39 is 88.6 Å². The summed E-state index contributed by atoms with van der Waals surface area (Å²) in [6.45, 7) is 12.8. The van der Waals surface area contributed by atoms with Gasteiger partial charge in [0.25, 0.3) is 5.78 Å². The molecule has 0 radical (unpaired) electrons. The summed E-state index contributed by atoms with van der Waals surface area (Å²) in [5.41, 5.74) is -1.01. The third kappa shape index (κ3) is 7.38. The number of rotatable bonds is 2. The fourth-order valence-corrected chi connectivity index (χ4v) is 6.53. The zero-order chi connectivity index (χ0) is 36.5. The number of carbonyl (C=O) groups is 3. The van der Waals surface area contributed by atoms with Gasteiger partial charge in [-0.05, 0) is 19.4 Å². The van der Waals surface area contributed by atoms with Crippen LogP contribution in [-0.2, 0) is 23.8 Å². The number of esters is 1. The molecule has 5 rings (SSSR count). The fourth-order valence-electron chi connectivity index (χ4n) is 6.53. The Bertz CT molecular complexity index is 1710. The van der Waals surface area contributed by atoms with E-state index in [1.54, 1.807) is 46.8 Å². The van der Waals surface area contributed by atoms with Crippen LogP contribution in [0.5, 0.6) is 11.5 Å². The van der Waals surface area contributed by atoms with Gasteiger partial charge in [0, 0.05) is 62.2 Å². The van der Waals surface area contributed by atoms with Crippen LogP contribution in [0.3, 0.4) is 0 Å². The van der Waals surface area contributed by atoms with Crippen molar-refractivity contribution in [2.45, 2.75) is 92.0 Å². The quantitative estimate of drug-likeness (QED) is 0.258. The number of aromatic hydroxyl groups is 1. The highest BCUT2D eigenvalue weighted by Gasteiger charge is 2.49. The van der Waals surface area contributed by atoms with E-state index >= 15 is 0 Å². The van der Waals surface area contributed by atoms with Crippen molar-refractivity contribution in [2.75, 3.05) is 12.4 Å². The molecule has 4 N–H and O–H groups in total. The van der Waals surface area contributed by atoms with E-state index in [4.69, 9.17) is 23.4 Å². The standard InChI is InChI=1S/C36H47NO12/c1-16-11-10-12-17(2)35(44)37-25-15-23(39)26-27-32(21(6)30(42)33(26)48-25)49-36(8,34(27)43)46-14-13-24(45-9)18(3)31(47-22(7)38)20(5)29(41)19(4)28(16)40/h10-11,13-20,24,28-29,31,40-42H,12H2,1-9H3,(H,37,44)/b11-10+,14-13+/t16-,17+,18+,19+,20+,24-,28-,29+,31+,36-/m0/s1. The Kier molecular flexibility index (Phi) is 11.3. The number of hydrogen-bond acceptors (Lipinski definition) is 12. The van der Waals surface area contributed by atoms with E-state index in [9.17, 15) is 34.5 Å². The molecule has 5 bridgehead atoms. The van der Waals surface area contributed by atoms with Crippen LogP contribution >= 0.6 is 0 Å². The van der Waals surface area contributed by atoms with Gasteiger partial charge in [0.15, 0.2) is 16.8 Å². The third-order valence-corrected chi connectivity index (χ3v) is 9.74. The van der Waals surface area contributed by atoms with Gasteiger partial charge in [-0.1, -0.05) is 46.8 Å². The zero-order valence-electron chi connectivity index (χ0n) is 29.3. The van der Waals surface area contributed by atoms with E-state index in [1.165, 1.54) is 40.2 Å². The van der Waals surface area contributed by atoms with Crippen LogP contribution in [0.4, 0.5) is 5.88 Å². The molecule has 0 spiro atoms. The summed E-state index contributed by atoms with van der Waals surface area (Å²) < 4.78 is 28.9. The lowest BCUT2D eigenvalue weighted by Gasteiger charge is -2.38. The molecule has 13 heteroatoms. The largest absolute Gasteiger partial charge is 0.504 e. The minimum Gasteiger partial charge on any atom is -0.504 e. The van der Waals surface area contributed by atoms with Crippen molar-refractivity contribution in [2.24, 2.45) is 29.6 Å². The highest BCUT2D eigenvalue weighted by Crippen LogP contribution is 2.46. The SMILES string of the molecule is CO[C@H]1/C=C/O[C@@]2(C)Oc3c(C)c(O)c4oc(cc(=O)c4c3C2=O)NC(=O)[C@H](C)C/C=C/[C@H](C)[C@H](O)[C@@H](C)[C@@H](O)[C@@H](C)[C@H](OC(C)=O)[C@@H]1C. The summed E-state index contributed by atoms with van der Waals surface area (Å²) in [5, 5.41) is 35.9. The molecule has 0 unspecified atom stereocenters. The second kappa shape index (κ2) is 14.7. The Balaban J connectivity index is 1.81. The van der Waals surface area contributed by atoms with Crippen molar-refractivity contribution in [1.29, 1.82) is 0 Å². The van der Waals surface area contributed by atoms with Crippen LogP contribution in [0, 0.1) is 36.5 Å². The molecule has 1 amide bonds. The first-order valence-electron chi connectivity index (χ1n) is 16.4. The minimum atomic E-state index is -1.96. The van der Waals surface area contributed by atoms with E-state index in [1.807, 2.05) is 0 Å². The molecule has 3 aliphatic heterocycles. The lowest BCUT2D eigenvalue weighted by atomic mass is 9.78. The number of ether oxygens (including phenoxy) is 4. The van der Waals surface area contributed by atoms with Crippen LogP contribution in [0.2, 0.25) is 0 Å². The van der Waals surface area contributed by atoms with Crippen molar-refractivity contribution in [3.8, 4) is 11.5 Å². The molecule has 13 nitrogen and oxygen atoms in total. The molecule has 2 aromatic rings. The molecule has 268 valence electrons. The van der Waals surface area contributed by atoms with Gasteiger partial charge < -0.3 is 38.7 Å². The highest BCUT2D eigenvalue weighted by atomic mass is 16.7. The lowest BCUT2D eigenvalue weighted by molar-refractivity contribution is -0.160. The predicted octanol–water partition coefficient (Wildman–Crippen LogP) is 4.38. The normalized spacial score (nSPS) is 34.2. The summed E-state index contributed by atoms with van der Waals surface area (Å²) in [6.07, 6.45) is 2.79. The van der Waals surface area contributed by atoms with Gasteiger partial charge in [0.05, 0.1) is 35.5 Å². The van der Waals surface area contributed by atoms with Gasteiger partial charge in [-0.3, -0.25) is 24.5 Å². The lowest BCUT2D eigenvalue weighted by Crippen LogP contribution is -2.46. The van der Waals surface area contributed by atoms with Gasteiger partial charge in [0.1, 0.15) is 11.9 Å². The average molecular weight is 686 g/mol. The van der Waals surface area contributed by atoms with Gasteiger partial charge in [-0.15, -0.1) is 0 Å². The molecular formula is C36H47NO12. The van der Waals surface area contributed by atoms with E-state index in [-0.39, 0.29) is 40.2 Å². The van der Waals surface area contributed by atoms with Crippen LogP contribution in [0.1, 0.15) is 70.8 Å². The number of aliphatic hydroxyl groups is 2. The second-order valence-electron chi connectivity index (χ2n) is 13.4. The van der Waals surface area contributed by atoms with Crippen LogP contribution in [0.25, 0.3) is 11.0 Å². The number of methoxy groups -OCH3 is 1. The number of amides is 1. The third-order valence-electron chi connectivity index (χ3n) is 9.74. The van der Waals surface area contributed by atoms with Crippen LogP contribution < -0.4 is 15.5 Å².